The summed E-state index contributed by atoms with van der Waals surface area (Å²) in [5.41, 5.74) is 2.14. The first-order valence-electron chi connectivity index (χ1n) is 4.99. The predicted octanol–water partition coefficient (Wildman–Crippen LogP) is 1.25. The second kappa shape index (κ2) is 7.48. The zero-order chi connectivity index (χ0) is 11.3. The van der Waals surface area contributed by atoms with E-state index in [4.69, 9.17) is 4.52 Å². The van der Waals surface area contributed by atoms with Crippen LogP contribution in [0.4, 0.5) is 0 Å². The van der Waals surface area contributed by atoms with Crippen LogP contribution in [0.5, 0.6) is 0 Å². The van der Waals surface area contributed by atoms with Crippen LogP contribution < -0.4 is 10.6 Å². The Labute approximate surface area is 113 Å². The van der Waals surface area contributed by atoms with Gasteiger partial charge in [0.05, 0.1) is 5.69 Å². The smallest absolute Gasteiger partial charge is 0.190 e. The van der Waals surface area contributed by atoms with Gasteiger partial charge < -0.3 is 15.2 Å². The van der Waals surface area contributed by atoms with Gasteiger partial charge in [0.25, 0.3) is 0 Å². The SMILES string of the molecule is CN=C(NC)NCCc1c(C)noc1C.I. The molecule has 16 heavy (non-hydrogen) atoms. The maximum absolute atomic E-state index is 5.08. The van der Waals surface area contributed by atoms with Crippen molar-refractivity contribution in [2.75, 3.05) is 20.6 Å². The van der Waals surface area contributed by atoms with Crippen LogP contribution in [-0.4, -0.2) is 31.8 Å². The van der Waals surface area contributed by atoms with E-state index in [-0.39, 0.29) is 24.0 Å². The predicted molar refractivity (Wildman–Crippen MR) is 75.5 cm³/mol. The molecule has 92 valence electrons. The largest absolute Gasteiger partial charge is 0.361 e. The first-order valence-corrected chi connectivity index (χ1v) is 4.99. The lowest BCUT2D eigenvalue weighted by molar-refractivity contribution is 0.392. The summed E-state index contributed by atoms with van der Waals surface area (Å²) in [5, 5.41) is 10.0. The molecule has 2 N–H and O–H groups in total. The first-order chi connectivity index (χ1) is 7.19. The lowest BCUT2D eigenvalue weighted by Crippen LogP contribution is -2.35. The molecule has 0 saturated heterocycles. The van der Waals surface area contributed by atoms with Crippen molar-refractivity contribution in [3.8, 4) is 0 Å². The van der Waals surface area contributed by atoms with Crippen molar-refractivity contribution in [1.29, 1.82) is 0 Å². The molecule has 0 saturated carbocycles. The molecule has 0 radical (unpaired) electrons. The zero-order valence-electron chi connectivity index (χ0n) is 10.1. The van der Waals surface area contributed by atoms with Crippen LogP contribution in [0.3, 0.4) is 0 Å². The summed E-state index contributed by atoms with van der Waals surface area (Å²) in [7, 11) is 3.58. The maximum atomic E-state index is 5.08. The van der Waals surface area contributed by atoms with E-state index >= 15 is 0 Å². The van der Waals surface area contributed by atoms with Crippen molar-refractivity contribution in [3.63, 3.8) is 0 Å². The summed E-state index contributed by atoms with van der Waals surface area (Å²) in [4.78, 5) is 4.03. The van der Waals surface area contributed by atoms with Crippen molar-refractivity contribution in [1.82, 2.24) is 15.8 Å². The molecule has 0 aliphatic rings. The fourth-order valence-electron chi connectivity index (χ4n) is 1.44. The van der Waals surface area contributed by atoms with E-state index in [9.17, 15) is 0 Å². The number of halogens is 1. The van der Waals surface area contributed by atoms with Crippen LogP contribution in [0.2, 0.25) is 0 Å². The van der Waals surface area contributed by atoms with Gasteiger partial charge in [-0.15, -0.1) is 24.0 Å². The molecule has 0 aliphatic carbocycles. The van der Waals surface area contributed by atoms with Crippen LogP contribution in [0, 0.1) is 13.8 Å². The Hall–Kier alpha value is -0.790. The van der Waals surface area contributed by atoms with Gasteiger partial charge >= 0.3 is 0 Å². The fourth-order valence-corrected chi connectivity index (χ4v) is 1.44. The van der Waals surface area contributed by atoms with Crippen LogP contribution in [0.15, 0.2) is 9.52 Å². The van der Waals surface area contributed by atoms with Crippen molar-refractivity contribution in [2.45, 2.75) is 20.3 Å². The molecule has 1 aromatic heterocycles. The van der Waals surface area contributed by atoms with Gasteiger partial charge in [-0.2, -0.15) is 0 Å². The van der Waals surface area contributed by atoms with Gasteiger partial charge in [-0.25, -0.2) is 0 Å². The van der Waals surface area contributed by atoms with Crippen LogP contribution in [-0.2, 0) is 6.42 Å². The summed E-state index contributed by atoms with van der Waals surface area (Å²) in [5.74, 6) is 1.69. The molecular weight excluding hydrogens is 319 g/mol. The topological polar surface area (TPSA) is 62.5 Å². The molecule has 0 fully saturated rings. The monoisotopic (exact) mass is 338 g/mol. The number of guanidine groups is 1. The minimum atomic E-state index is 0. The van der Waals surface area contributed by atoms with Crippen LogP contribution in [0.25, 0.3) is 0 Å². The van der Waals surface area contributed by atoms with Gasteiger partial charge in [0, 0.05) is 26.2 Å². The summed E-state index contributed by atoms with van der Waals surface area (Å²) in [6.07, 6.45) is 0.891. The third kappa shape index (κ3) is 3.99. The Morgan fingerprint density at radius 3 is 2.56 bits per heavy atom. The molecule has 0 atom stereocenters. The van der Waals surface area contributed by atoms with Gasteiger partial charge in [0.15, 0.2) is 5.96 Å². The highest BCUT2D eigenvalue weighted by atomic mass is 127. The average Bonchev–Trinajstić information content (AvgIpc) is 2.55. The quantitative estimate of drug-likeness (QED) is 0.495. The number of aromatic nitrogens is 1. The maximum Gasteiger partial charge on any atom is 0.190 e. The van der Waals surface area contributed by atoms with Crippen LogP contribution in [0.1, 0.15) is 17.0 Å². The molecule has 0 aromatic carbocycles. The van der Waals surface area contributed by atoms with Crippen molar-refractivity contribution >= 4 is 29.9 Å². The summed E-state index contributed by atoms with van der Waals surface area (Å²) in [6, 6.07) is 0. The lowest BCUT2D eigenvalue weighted by Gasteiger charge is -2.07. The molecule has 1 rings (SSSR count). The van der Waals surface area contributed by atoms with Gasteiger partial charge in [0.1, 0.15) is 5.76 Å². The highest BCUT2D eigenvalue weighted by Gasteiger charge is 2.07. The molecule has 0 spiro atoms. The molecule has 0 amide bonds. The Balaban J connectivity index is 0.00000225. The first kappa shape index (κ1) is 15.2. The summed E-state index contributed by atoms with van der Waals surface area (Å²) < 4.78 is 5.08. The molecule has 0 aliphatic heterocycles. The number of hydrogen-bond donors (Lipinski definition) is 2. The minimum absolute atomic E-state index is 0. The van der Waals surface area contributed by atoms with Crippen molar-refractivity contribution in [2.24, 2.45) is 4.99 Å². The average molecular weight is 338 g/mol. The summed E-state index contributed by atoms with van der Waals surface area (Å²) >= 11 is 0. The number of aliphatic imine (C=N–C) groups is 1. The van der Waals surface area contributed by atoms with E-state index in [2.05, 4.69) is 20.8 Å². The Bertz CT molecular complexity index is 329. The Morgan fingerprint density at radius 2 is 2.12 bits per heavy atom. The fraction of sp³-hybridized carbons (Fsp3) is 0.600. The van der Waals surface area contributed by atoms with Gasteiger partial charge in [0.2, 0.25) is 0 Å². The minimum Gasteiger partial charge on any atom is -0.361 e. The lowest BCUT2D eigenvalue weighted by atomic mass is 10.1. The number of nitrogens with zero attached hydrogens (tertiary/aromatic N) is 2. The van der Waals surface area contributed by atoms with Crippen molar-refractivity contribution in [3.05, 3.63) is 17.0 Å². The van der Waals surface area contributed by atoms with Gasteiger partial charge in [-0.05, 0) is 20.3 Å². The molecule has 1 heterocycles. The van der Waals surface area contributed by atoms with E-state index in [1.807, 2.05) is 20.9 Å². The zero-order valence-corrected chi connectivity index (χ0v) is 12.5. The van der Waals surface area contributed by atoms with Crippen molar-refractivity contribution < 1.29 is 4.52 Å². The second-order valence-electron chi connectivity index (χ2n) is 3.30. The molecule has 0 unspecified atom stereocenters. The second-order valence-corrected chi connectivity index (χ2v) is 3.30. The number of nitrogens with one attached hydrogen (secondary N) is 2. The normalized spacial score (nSPS) is 10.9. The molecular formula is C10H19IN4O. The third-order valence-corrected chi connectivity index (χ3v) is 2.31. The molecule has 5 nitrogen and oxygen atoms in total. The summed E-state index contributed by atoms with van der Waals surface area (Å²) in [6.45, 7) is 4.71. The van der Waals surface area contributed by atoms with E-state index in [1.54, 1.807) is 7.05 Å². The third-order valence-electron chi connectivity index (χ3n) is 2.31. The molecule has 0 bridgehead atoms. The van der Waals surface area contributed by atoms with Gasteiger partial charge in [-0.1, -0.05) is 5.16 Å². The Morgan fingerprint density at radius 1 is 1.44 bits per heavy atom. The van der Waals surface area contributed by atoms with Gasteiger partial charge in [-0.3, -0.25) is 4.99 Å². The van der Waals surface area contributed by atoms with E-state index < -0.39 is 0 Å². The highest BCUT2D eigenvalue weighted by Crippen LogP contribution is 2.11. The molecule has 6 heteroatoms. The molecule has 1 aromatic rings. The van der Waals surface area contributed by atoms with Crippen LogP contribution >= 0.6 is 24.0 Å². The number of hydrogen-bond acceptors (Lipinski definition) is 3. The van der Waals surface area contributed by atoms with E-state index in [0.29, 0.717) is 0 Å². The Kier molecular flexibility index (Phi) is 7.11. The number of aryl methyl sites for hydroxylation is 2. The standard InChI is InChI=1S/C10H18N4O.HI/c1-7-9(8(2)15-14-7)5-6-13-10(11-3)12-4;/h5-6H2,1-4H3,(H2,11,12,13);1H. The van der Waals surface area contributed by atoms with E-state index in [0.717, 1.165) is 30.4 Å². The highest BCUT2D eigenvalue weighted by molar-refractivity contribution is 14.0. The van der Waals surface area contributed by atoms with E-state index in [1.165, 1.54) is 5.56 Å². The number of rotatable bonds is 3.